The number of thiocarbonyl (C=S) groups is 1. The third kappa shape index (κ3) is 3.85. The quantitative estimate of drug-likeness (QED) is 0.397. The van der Waals surface area contributed by atoms with Gasteiger partial charge in [0.1, 0.15) is 5.57 Å². The minimum Gasteiger partial charge on any atom is -0.318 e. The van der Waals surface area contributed by atoms with Crippen molar-refractivity contribution in [1.29, 1.82) is 0 Å². The zero-order valence-electron chi connectivity index (χ0n) is 18.6. The van der Waals surface area contributed by atoms with Crippen molar-refractivity contribution < 1.29 is 9.59 Å². The van der Waals surface area contributed by atoms with Crippen molar-refractivity contribution in [2.75, 3.05) is 14.1 Å². The first-order valence-corrected chi connectivity index (χ1v) is 11.3. The molecule has 1 aliphatic carbocycles. The SMILES string of the molecule is Cc1cc(C=C2C(=O)N(C)C(=S)N(C)C2=O)c(C)n1-c1ccc(C2CCCCC2)cc1. The second kappa shape index (κ2) is 8.42. The lowest BCUT2D eigenvalue weighted by atomic mass is 9.84. The van der Waals surface area contributed by atoms with E-state index < -0.39 is 0 Å². The summed E-state index contributed by atoms with van der Waals surface area (Å²) in [5, 5.41) is 0.218. The Hall–Kier alpha value is -2.73. The van der Waals surface area contributed by atoms with Gasteiger partial charge in [0.05, 0.1) is 0 Å². The van der Waals surface area contributed by atoms with Gasteiger partial charge in [0, 0.05) is 31.2 Å². The monoisotopic (exact) mass is 435 g/mol. The summed E-state index contributed by atoms with van der Waals surface area (Å²) in [5.41, 5.74) is 5.56. The van der Waals surface area contributed by atoms with Crippen LogP contribution in [0.5, 0.6) is 0 Å². The van der Waals surface area contributed by atoms with Crippen LogP contribution in [0.1, 0.15) is 60.5 Å². The Morgan fingerprint density at radius 1 is 0.935 bits per heavy atom. The number of amides is 2. The molecule has 2 aromatic rings. The smallest absolute Gasteiger partial charge is 0.265 e. The van der Waals surface area contributed by atoms with Crippen molar-refractivity contribution in [1.82, 2.24) is 14.4 Å². The Morgan fingerprint density at radius 3 is 2.10 bits per heavy atom. The fourth-order valence-corrected chi connectivity index (χ4v) is 4.96. The second-order valence-electron chi connectivity index (χ2n) is 8.66. The lowest BCUT2D eigenvalue weighted by Gasteiger charge is -2.31. The van der Waals surface area contributed by atoms with Crippen molar-refractivity contribution in [2.45, 2.75) is 51.9 Å². The van der Waals surface area contributed by atoms with E-state index in [2.05, 4.69) is 28.8 Å². The van der Waals surface area contributed by atoms with Crippen LogP contribution in [-0.2, 0) is 9.59 Å². The van der Waals surface area contributed by atoms with E-state index in [9.17, 15) is 9.59 Å². The molecule has 1 aromatic carbocycles. The number of nitrogens with zero attached hydrogens (tertiary/aromatic N) is 3. The minimum absolute atomic E-state index is 0.131. The van der Waals surface area contributed by atoms with Crippen LogP contribution in [0.4, 0.5) is 0 Å². The molecule has 2 aliphatic rings. The van der Waals surface area contributed by atoms with Gasteiger partial charge >= 0.3 is 0 Å². The predicted molar refractivity (Wildman–Crippen MR) is 127 cm³/mol. The van der Waals surface area contributed by atoms with Gasteiger partial charge in [-0.2, -0.15) is 0 Å². The molecule has 162 valence electrons. The first-order chi connectivity index (χ1) is 14.8. The van der Waals surface area contributed by atoms with E-state index in [1.807, 2.05) is 19.9 Å². The molecule has 1 aliphatic heterocycles. The van der Waals surface area contributed by atoms with E-state index in [1.54, 1.807) is 20.2 Å². The summed E-state index contributed by atoms with van der Waals surface area (Å²) < 4.78 is 2.17. The first kappa shape index (κ1) is 21.5. The van der Waals surface area contributed by atoms with Crippen LogP contribution in [0.2, 0.25) is 0 Å². The number of hydrogen-bond acceptors (Lipinski definition) is 3. The topological polar surface area (TPSA) is 45.6 Å². The number of likely N-dealkylation sites (N-methyl/N-ethyl adjacent to an activating group) is 2. The average molecular weight is 436 g/mol. The Morgan fingerprint density at radius 2 is 1.52 bits per heavy atom. The Bertz CT molecular complexity index is 1050. The third-order valence-corrected chi connectivity index (χ3v) is 7.19. The Balaban J connectivity index is 1.66. The molecule has 0 atom stereocenters. The maximum absolute atomic E-state index is 12.7. The molecular weight excluding hydrogens is 406 g/mol. The van der Waals surface area contributed by atoms with E-state index in [4.69, 9.17) is 12.2 Å². The highest BCUT2D eigenvalue weighted by molar-refractivity contribution is 7.80. The number of aryl methyl sites for hydroxylation is 1. The summed E-state index contributed by atoms with van der Waals surface area (Å²) in [7, 11) is 3.19. The number of hydrogen-bond donors (Lipinski definition) is 0. The fourth-order valence-electron chi connectivity index (χ4n) is 4.79. The number of carbonyl (C=O) groups is 2. The van der Waals surface area contributed by atoms with Crippen molar-refractivity contribution in [3.8, 4) is 5.69 Å². The molecule has 5 nitrogen and oxygen atoms in total. The molecule has 0 radical (unpaired) electrons. The molecule has 31 heavy (non-hydrogen) atoms. The molecule has 4 rings (SSSR count). The average Bonchev–Trinajstić information content (AvgIpc) is 3.07. The molecule has 1 saturated heterocycles. The van der Waals surface area contributed by atoms with Crippen molar-refractivity contribution >= 4 is 35.2 Å². The van der Waals surface area contributed by atoms with Crippen molar-refractivity contribution in [3.63, 3.8) is 0 Å². The van der Waals surface area contributed by atoms with E-state index in [1.165, 1.54) is 47.5 Å². The van der Waals surface area contributed by atoms with E-state index >= 15 is 0 Å². The van der Waals surface area contributed by atoms with Crippen LogP contribution in [-0.4, -0.2) is 45.4 Å². The molecule has 0 unspecified atom stereocenters. The summed E-state index contributed by atoms with van der Waals surface area (Å²) in [6.07, 6.45) is 8.27. The van der Waals surface area contributed by atoms with Crippen LogP contribution in [0.25, 0.3) is 11.8 Å². The fraction of sp³-hybridized carbons (Fsp3) is 0.400. The molecule has 6 heteroatoms. The first-order valence-electron chi connectivity index (χ1n) is 10.9. The van der Waals surface area contributed by atoms with Gasteiger partial charge in [-0.1, -0.05) is 31.4 Å². The summed E-state index contributed by atoms with van der Waals surface area (Å²) in [4.78, 5) is 28.0. The molecule has 1 saturated carbocycles. The summed E-state index contributed by atoms with van der Waals surface area (Å²) in [5.74, 6) is -0.0530. The molecule has 2 fully saturated rings. The molecule has 0 bridgehead atoms. The maximum atomic E-state index is 12.7. The van der Waals surface area contributed by atoms with E-state index in [0.29, 0.717) is 5.92 Å². The van der Waals surface area contributed by atoms with Gasteiger partial charge in [-0.15, -0.1) is 0 Å². The van der Waals surface area contributed by atoms with Crippen LogP contribution in [0, 0.1) is 13.8 Å². The van der Waals surface area contributed by atoms with Gasteiger partial charge in [0.15, 0.2) is 5.11 Å². The molecular formula is C25H29N3O2S. The summed E-state index contributed by atoms with van der Waals surface area (Å²) in [6.45, 7) is 4.06. The Labute approximate surface area is 189 Å². The highest BCUT2D eigenvalue weighted by Crippen LogP contribution is 2.33. The zero-order chi connectivity index (χ0) is 22.3. The van der Waals surface area contributed by atoms with Crippen LogP contribution in [0.15, 0.2) is 35.9 Å². The van der Waals surface area contributed by atoms with Crippen LogP contribution < -0.4 is 0 Å². The number of benzene rings is 1. The lowest BCUT2D eigenvalue weighted by molar-refractivity contribution is -0.132. The van der Waals surface area contributed by atoms with Crippen LogP contribution >= 0.6 is 12.2 Å². The largest absolute Gasteiger partial charge is 0.318 e. The van der Waals surface area contributed by atoms with Crippen molar-refractivity contribution in [3.05, 3.63) is 58.4 Å². The number of aromatic nitrogens is 1. The van der Waals surface area contributed by atoms with E-state index in [0.717, 1.165) is 22.6 Å². The third-order valence-electron chi connectivity index (χ3n) is 6.64. The maximum Gasteiger partial charge on any atom is 0.265 e. The normalized spacial score (nSPS) is 18.2. The van der Waals surface area contributed by atoms with Gasteiger partial charge in [0.25, 0.3) is 11.8 Å². The molecule has 2 amide bonds. The lowest BCUT2D eigenvalue weighted by Crippen LogP contribution is -2.52. The standard InChI is InChI=1S/C25H29N3O2S/c1-16-14-20(15-22-23(29)26(3)25(31)27(4)24(22)30)17(2)28(16)21-12-10-19(11-13-21)18-8-6-5-7-9-18/h10-15,18H,5-9H2,1-4H3. The van der Waals surface area contributed by atoms with Gasteiger partial charge in [0.2, 0.25) is 0 Å². The van der Waals surface area contributed by atoms with E-state index in [-0.39, 0.29) is 22.5 Å². The second-order valence-corrected chi connectivity index (χ2v) is 9.02. The molecule has 1 aromatic heterocycles. The zero-order valence-corrected chi connectivity index (χ0v) is 19.5. The highest BCUT2D eigenvalue weighted by atomic mass is 32.1. The molecule has 2 heterocycles. The Kier molecular flexibility index (Phi) is 5.84. The number of rotatable bonds is 3. The highest BCUT2D eigenvalue weighted by Gasteiger charge is 2.35. The van der Waals surface area contributed by atoms with Gasteiger partial charge in [-0.3, -0.25) is 19.4 Å². The van der Waals surface area contributed by atoms with Crippen LogP contribution in [0.3, 0.4) is 0 Å². The van der Waals surface area contributed by atoms with Crippen molar-refractivity contribution in [2.24, 2.45) is 0 Å². The number of carbonyl (C=O) groups excluding carboxylic acids is 2. The summed E-state index contributed by atoms with van der Waals surface area (Å²) in [6, 6.07) is 10.9. The minimum atomic E-state index is -0.366. The van der Waals surface area contributed by atoms with Gasteiger partial charge < -0.3 is 4.57 Å². The molecule has 0 spiro atoms. The molecule has 0 N–H and O–H groups in total. The van der Waals surface area contributed by atoms with Gasteiger partial charge in [-0.25, -0.2) is 0 Å². The predicted octanol–water partition coefficient (Wildman–Crippen LogP) is 4.74. The van der Waals surface area contributed by atoms with Gasteiger partial charge in [-0.05, 0) is 80.2 Å². The summed E-state index contributed by atoms with van der Waals surface area (Å²) >= 11 is 5.17.